The van der Waals surface area contributed by atoms with Crippen LogP contribution in [0, 0.1) is 0 Å². The fourth-order valence-electron chi connectivity index (χ4n) is 3.71. The molecule has 0 radical (unpaired) electrons. The maximum Gasteiger partial charge on any atom is 0.341 e. The third-order valence-corrected chi connectivity index (χ3v) is 6.31. The molecule has 1 aliphatic carbocycles. The van der Waals surface area contributed by atoms with Gasteiger partial charge in [-0.2, -0.15) is 5.10 Å². The van der Waals surface area contributed by atoms with Crippen molar-refractivity contribution in [3.05, 3.63) is 45.2 Å². The van der Waals surface area contributed by atoms with Crippen LogP contribution >= 0.6 is 11.3 Å². The molecule has 0 spiro atoms. The van der Waals surface area contributed by atoms with Gasteiger partial charge in [-0.1, -0.05) is 0 Å². The van der Waals surface area contributed by atoms with Crippen LogP contribution in [0.4, 0.5) is 22.6 Å². The lowest BCUT2D eigenvalue weighted by Gasteiger charge is -2.14. The number of halogens is 4. The average Bonchev–Trinajstić information content (AvgIpc) is 3.33. The molecule has 0 bridgehead atoms. The van der Waals surface area contributed by atoms with E-state index < -0.39 is 36.1 Å². The normalized spacial score (nSPS) is 13.7. The molecular formula is C21H20F4N4O3S. The van der Waals surface area contributed by atoms with E-state index in [1.54, 1.807) is 13.8 Å². The fourth-order valence-corrected chi connectivity index (χ4v) is 4.98. The summed E-state index contributed by atoms with van der Waals surface area (Å²) in [6, 6.07) is 1.61. The molecule has 0 aromatic carbocycles. The zero-order chi connectivity index (χ0) is 23.9. The van der Waals surface area contributed by atoms with Gasteiger partial charge in [0.2, 0.25) is 0 Å². The highest BCUT2D eigenvalue weighted by Crippen LogP contribution is 2.39. The summed E-state index contributed by atoms with van der Waals surface area (Å²) in [7, 11) is 0. The fraction of sp³-hybridized carbons (Fsp3) is 0.429. The SMILES string of the molecule is CC(C)OC(=O)c1c(NC(=O)c2cc3nc(C(F)F)cc(C(F)F)n3n2)sc2c1CCCC2. The highest BCUT2D eigenvalue weighted by Gasteiger charge is 2.29. The topological polar surface area (TPSA) is 85.6 Å². The maximum absolute atomic E-state index is 13.4. The van der Waals surface area contributed by atoms with Crippen LogP contribution < -0.4 is 5.32 Å². The Balaban J connectivity index is 1.71. The molecule has 33 heavy (non-hydrogen) atoms. The number of aromatic nitrogens is 3. The number of fused-ring (bicyclic) bond motifs is 2. The van der Waals surface area contributed by atoms with Crippen molar-refractivity contribution in [2.75, 3.05) is 5.32 Å². The van der Waals surface area contributed by atoms with Gasteiger partial charge in [-0.25, -0.2) is 31.9 Å². The molecule has 176 valence electrons. The lowest BCUT2D eigenvalue weighted by atomic mass is 9.95. The number of thiophene rings is 1. The van der Waals surface area contributed by atoms with Crippen LogP contribution in [0.5, 0.6) is 0 Å². The number of amides is 1. The number of carbonyl (C=O) groups excluding carboxylic acids is 2. The van der Waals surface area contributed by atoms with Gasteiger partial charge in [0.1, 0.15) is 16.4 Å². The summed E-state index contributed by atoms with van der Waals surface area (Å²) in [5.74, 6) is -1.34. The number of nitrogens with zero attached hydrogens (tertiary/aromatic N) is 3. The van der Waals surface area contributed by atoms with Gasteiger partial charge in [0, 0.05) is 10.9 Å². The number of rotatable bonds is 6. The second kappa shape index (κ2) is 9.08. The molecule has 0 fully saturated rings. The molecule has 1 aliphatic rings. The van der Waals surface area contributed by atoms with E-state index in [9.17, 15) is 27.2 Å². The first kappa shape index (κ1) is 23.1. The van der Waals surface area contributed by atoms with Gasteiger partial charge in [0.15, 0.2) is 11.3 Å². The van der Waals surface area contributed by atoms with Crippen LogP contribution in [0.25, 0.3) is 5.65 Å². The number of hydrogen-bond acceptors (Lipinski definition) is 6. The molecule has 1 amide bonds. The first-order valence-electron chi connectivity index (χ1n) is 10.3. The molecule has 12 heteroatoms. The minimum Gasteiger partial charge on any atom is -0.459 e. The molecule has 3 aromatic rings. The van der Waals surface area contributed by atoms with Crippen molar-refractivity contribution >= 4 is 33.9 Å². The van der Waals surface area contributed by atoms with Crippen molar-refractivity contribution in [3.8, 4) is 0 Å². The van der Waals surface area contributed by atoms with Crippen molar-refractivity contribution in [3.63, 3.8) is 0 Å². The molecular weight excluding hydrogens is 464 g/mol. The largest absolute Gasteiger partial charge is 0.459 e. The van der Waals surface area contributed by atoms with Crippen molar-refractivity contribution in [2.24, 2.45) is 0 Å². The van der Waals surface area contributed by atoms with E-state index in [4.69, 9.17) is 4.74 Å². The van der Waals surface area contributed by atoms with Gasteiger partial charge in [-0.15, -0.1) is 11.3 Å². The Kier molecular flexibility index (Phi) is 6.37. The molecule has 0 unspecified atom stereocenters. The summed E-state index contributed by atoms with van der Waals surface area (Å²) < 4.78 is 58.9. The zero-order valence-electron chi connectivity index (χ0n) is 17.7. The third-order valence-electron chi connectivity index (χ3n) is 5.10. The predicted octanol–water partition coefficient (Wildman–Crippen LogP) is 5.36. The summed E-state index contributed by atoms with van der Waals surface area (Å²) in [4.78, 5) is 30.2. The lowest BCUT2D eigenvalue weighted by Crippen LogP contribution is -2.18. The summed E-state index contributed by atoms with van der Waals surface area (Å²) in [5, 5.41) is 6.75. The number of ether oxygens (including phenoxy) is 1. The molecule has 0 atom stereocenters. The number of aryl methyl sites for hydroxylation is 1. The van der Waals surface area contributed by atoms with Gasteiger partial charge in [0.25, 0.3) is 18.8 Å². The summed E-state index contributed by atoms with van der Waals surface area (Å²) in [5.41, 5.74) is -1.13. The van der Waals surface area contributed by atoms with E-state index >= 15 is 0 Å². The smallest absolute Gasteiger partial charge is 0.341 e. The third kappa shape index (κ3) is 4.56. The molecule has 0 saturated heterocycles. The van der Waals surface area contributed by atoms with Crippen LogP contribution in [0.15, 0.2) is 12.1 Å². The van der Waals surface area contributed by atoms with Gasteiger partial charge >= 0.3 is 5.97 Å². The summed E-state index contributed by atoms with van der Waals surface area (Å²) >= 11 is 1.26. The zero-order valence-corrected chi connectivity index (χ0v) is 18.5. The van der Waals surface area contributed by atoms with Gasteiger partial charge in [-0.05, 0) is 51.2 Å². The molecule has 3 heterocycles. The minimum atomic E-state index is -3.11. The second-order valence-corrected chi connectivity index (χ2v) is 8.94. The van der Waals surface area contributed by atoms with Gasteiger partial charge in [-0.3, -0.25) is 4.79 Å². The van der Waals surface area contributed by atoms with Crippen LogP contribution in [0.2, 0.25) is 0 Å². The number of carbonyl (C=O) groups is 2. The van der Waals surface area contributed by atoms with Crippen molar-refractivity contribution in [1.82, 2.24) is 14.6 Å². The van der Waals surface area contributed by atoms with E-state index in [-0.39, 0.29) is 28.0 Å². The Morgan fingerprint density at radius 2 is 1.85 bits per heavy atom. The van der Waals surface area contributed by atoms with E-state index in [0.717, 1.165) is 35.8 Å². The number of anilines is 1. The molecule has 4 rings (SSSR count). The molecule has 7 nitrogen and oxygen atoms in total. The van der Waals surface area contributed by atoms with Gasteiger partial charge in [0.05, 0.1) is 11.7 Å². The Morgan fingerprint density at radius 3 is 2.52 bits per heavy atom. The second-order valence-electron chi connectivity index (χ2n) is 7.83. The van der Waals surface area contributed by atoms with Crippen molar-refractivity contribution in [2.45, 2.75) is 58.5 Å². The summed E-state index contributed by atoms with van der Waals surface area (Å²) in [6.07, 6.45) is -3.22. The number of hydrogen-bond donors (Lipinski definition) is 1. The molecule has 1 N–H and O–H groups in total. The standard InChI is InChI=1S/C21H20F4N4O3S/c1-9(2)32-21(31)16-10-5-3-4-6-14(10)33-20(16)27-19(30)12-8-15-26-11(17(22)23)7-13(18(24)25)29(15)28-12/h7-9,17-18H,3-6H2,1-2H3,(H,27,30). The molecule has 3 aromatic heterocycles. The van der Waals surface area contributed by atoms with Crippen molar-refractivity contribution in [1.29, 1.82) is 0 Å². The molecule has 0 saturated carbocycles. The molecule has 0 aliphatic heterocycles. The Morgan fingerprint density at radius 1 is 1.12 bits per heavy atom. The Labute approximate surface area is 189 Å². The van der Waals surface area contributed by atoms with Crippen LogP contribution in [0.3, 0.4) is 0 Å². The number of nitrogens with one attached hydrogen (secondary N) is 1. The van der Waals surface area contributed by atoms with Crippen LogP contribution in [-0.4, -0.2) is 32.6 Å². The van der Waals surface area contributed by atoms with E-state index in [2.05, 4.69) is 15.4 Å². The monoisotopic (exact) mass is 484 g/mol. The van der Waals surface area contributed by atoms with E-state index in [1.165, 1.54) is 11.3 Å². The van der Waals surface area contributed by atoms with E-state index in [1.807, 2.05) is 0 Å². The highest BCUT2D eigenvalue weighted by molar-refractivity contribution is 7.17. The van der Waals surface area contributed by atoms with Crippen LogP contribution in [-0.2, 0) is 17.6 Å². The maximum atomic E-state index is 13.4. The first-order chi connectivity index (χ1) is 15.7. The highest BCUT2D eigenvalue weighted by atomic mass is 32.1. The number of esters is 1. The lowest BCUT2D eigenvalue weighted by molar-refractivity contribution is 0.0378. The van der Waals surface area contributed by atoms with Crippen LogP contribution in [0.1, 0.15) is 82.2 Å². The Bertz CT molecular complexity index is 1220. The quantitative estimate of drug-likeness (QED) is 0.376. The Hall–Kier alpha value is -3.02. The van der Waals surface area contributed by atoms with E-state index in [0.29, 0.717) is 17.0 Å². The summed E-state index contributed by atoms with van der Waals surface area (Å²) in [6.45, 7) is 3.43. The average molecular weight is 484 g/mol. The minimum absolute atomic E-state index is 0.282. The number of alkyl halides is 4. The van der Waals surface area contributed by atoms with Gasteiger partial charge < -0.3 is 10.1 Å². The first-order valence-corrected chi connectivity index (χ1v) is 11.1. The predicted molar refractivity (Wildman–Crippen MR) is 112 cm³/mol. The van der Waals surface area contributed by atoms with Crippen molar-refractivity contribution < 1.29 is 31.9 Å².